The smallest absolute Gasteiger partial charge is 0.243 e. The van der Waals surface area contributed by atoms with Crippen LogP contribution in [0.25, 0.3) is 0 Å². The van der Waals surface area contributed by atoms with E-state index < -0.39 is 5.91 Å². The van der Waals surface area contributed by atoms with Crippen LogP contribution in [0.4, 0.5) is 0 Å². The van der Waals surface area contributed by atoms with Crippen molar-refractivity contribution in [3.63, 3.8) is 0 Å². The number of nitriles is 1. The van der Waals surface area contributed by atoms with Gasteiger partial charge in [0.05, 0.1) is 6.07 Å². The standard InChI is InChI=1S/C7H11N3O2/c1-6(11)10(5-4-9)7(12)2-3-8/h2,4-5,9H2,1H3. The molecule has 0 spiro atoms. The van der Waals surface area contributed by atoms with Crippen molar-refractivity contribution in [2.75, 3.05) is 13.1 Å². The van der Waals surface area contributed by atoms with Crippen LogP contribution in [0.3, 0.4) is 0 Å². The molecule has 5 heteroatoms. The van der Waals surface area contributed by atoms with Gasteiger partial charge in [-0.25, -0.2) is 0 Å². The summed E-state index contributed by atoms with van der Waals surface area (Å²) >= 11 is 0. The van der Waals surface area contributed by atoms with Gasteiger partial charge in [0.25, 0.3) is 0 Å². The van der Waals surface area contributed by atoms with Gasteiger partial charge >= 0.3 is 0 Å². The second-order valence-corrected chi connectivity index (χ2v) is 2.19. The van der Waals surface area contributed by atoms with Gasteiger partial charge in [0, 0.05) is 20.0 Å². The Hall–Kier alpha value is -1.41. The number of carbonyl (C=O) groups excluding carboxylic acids is 2. The van der Waals surface area contributed by atoms with Crippen molar-refractivity contribution < 1.29 is 9.59 Å². The molecule has 2 N–H and O–H groups in total. The first kappa shape index (κ1) is 10.6. The number of carbonyl (C=O) groups is 2. The highest BCUT2D eigenvalue weighted by Crippen LogP contribution is 1.93. The number of hydrogen-bond acceptors (Lipinski definition) is 4. The summed E-state index contributed by atoms with van der Waals surface area (Å²) in [6, 6.07) is 1.68. The summed E-state index contributed by atoms with van der Waals surface area (Å²) in [4.78, 5) is 22.8. The fourth-order valence-electron chi connectivity index (χ4n) is 0.750. The van der Waals surface area contributed by atoms with E-state index in [4.69, 9.17) is 11.0 Å². The van der Waals surface area contributed by atoms with Gasteiger partial charge in [-0.3, -0.25) is 14.5 Å². The molecular formula is C7H11N3O2. The molecule has 66 valence electrons. The van der Waals surface area contributed by atoms with Gasteiger partial charge < -0.3 is 5.73 Å². The van der Waals surface area contributed by atoms with Gasteiger partial charge in [-0.1, -0.05) is 0 Å². The van der Waals surface area contributed by atoms with Crippen LogP contribution in [0.15, 0.2) is 0 Å². The fraction of sp³-hybridized carbons (Fsp3) is 0.571. The molecule has 2 amide bonds. The lowest BCUT2D eigenvalue weighted by Gasteiger charge is -2.15. The number of rotatable bonds is 3. The Morgan fingerprint density at radius 2 is 2.17 bits per heavy atom. The van der Waals surface area contributed by atoms with Crippen molar-refractivity contribution in [2.24, 2.45) is 5.73 Å². The van der Waals surface area contributed by atoms with Gasteiger partial charge in [0.1, 0.15) is 6.42 Å². The van der Waals surface area contributed by atoms with Crippen molar-refractivity contribution >= 4 is 11.8 Å². The van der Waals surface area contributed by atoms with E-state index in [1.807, 2.05) is 0 Å². The van der Waals surface area contributed by atoms with Gasteiger partial charge in [0.2, 0.25) is 11.8 Å². The van der Waals surface area contributed by atoms with Crippen molar-refractivity contribution in [2.45, 2.75) is 13.3 Å². The van der Waals surface area contributed by atoms with Crippen molar-refractivity contribution in [1.29, 1.82) is 5.26 Å². The maximum absolute atomic E-state index is 11.0. The zero-order chi connectivity index (χ0) is 9.56. The predicted octanol–water partition coefficient (Wildman–Crippen LogP) is -0.766. The minimum absolute atomic E-state index is 0.176. The first-order valence-corrected chi connectivity index (χ1v) is 3.51. The Labute approximate surface area is 70.7 Å². The van der Waals surface area contributed by atoms with Crippen LogP contribution in [0.1, 0.15) is 13.3 Å². The van der Waals surface area contributed by atoms with E-state index >= 15 is 0 Å². The third-order valence-corrected chi connectivity index (χ3v) is 1.26. The Morgan fingerprint density at radius 3 is 2.50 bits per heavy atom. The van der Waals surface area contributed by atoms with Crippen LogP contribution < -0.4 is 5.73 Å². The summed E-state index contributed by atoms with van der Waals surface area (Å²) < 4.78 is 0. The lowest BCUT2D eigenvalue weighted by Crippen LogP contribution is -2.38. The van der Waals surface area contributed by atoms with Gasteiger partial charge in [-0.2, -0.15) is 5.26 Å². The summed E-state index contributed by atoms with van der Waals surface area (Å²) in [6.45, 7) is 1.66. The molecule has 0 heterocycles. The molecule has 0 atom stereocenters. The molecule has 0 radical (unpaired) electrons. The number of amides is 2. The summed E-state index contributed by atoms with van der Waals surface area (Å²) in [6.07, 6.45) is -0.278. The van der Waals surface area contributed by atoms with E-state index in [0.717, 1.165) is 4.90 Å². The summed E-state index contributed by atoms with van der Waals surface area (Å²) in [5.41, 5.74) is 5.17. The number of nitrogens with two attached hydrogens (primary N) is 1. The molecule has 0 aromatic rings. The maximum Gasteiger partial charge on any atom is 0.243 e. The van der Waals surface area contributed by atoms with Crippen LogP contribution in [0.2, 0.25) is 0 Å². The molecule has 0 saturated heterocycles. The first-order chi connectivity index (χ1) is 5.63. The SMILES string of the molecule is CC(=O)N(CCN)C(=O)CC#N. The maximum atomic E-state index is 11.0. The molecule has 0 rings (SSSR count). The average Bonchev–Trinajstić information content (AvgIpc) is 1.99. The highest BCUT2D eigenvalue weighted by molar-refractivity contribution is 5.94. The number of nitrogens with zero attached hydrogens (tertiary/aromatic N) is 2. The van der Waals surface area contributed by atoms with Gasteiger partial charge in [-0.15, -0.1) is 0 Å². The highest BCUT2D eigenvalue weighted by atomic mass is 16.2. The predicted molar refractivity (Wildman–Crippen MR) is 41.7 cm³/mol. The summed E-state index contributed by atoms with van der Waals surface area (Å²) in [7, 11) is 0. The molecule has 0 fully saturated rings. The topological polar surface area (TPSA) is 87.2 Å². The number of imide groups is 1. The molecule has 0 unspecified atom stereocenters. The van der Waals surface area contributed by atoms with Crippen LogP contribution >= 0.6 is 0 Å². The second kappa shape index (κ2) is 5.27. The van der Waals surface area contributed by atoms with Crippen LogP contribution in [0, 0.1) is 11.3 Å². The molecule has 0 aromatic heterocycles. The van der Waals surface area contributed by atoms with E-state index in [1.165, 1.54) is 6.92 Å². The second-order valence-electron chi connectivity index (χ2n) is 2.19. The fourth-order valence-corrected chi connectivity index (χ4v) is 0.750. The molecule has 0 aliphatic heterocycles. The Morgan fingerprint density at radius 1 is 1.58 bits per heavy atom. The third-order valence-electron chi connectivity index (χ3n) is 1.26. The zero-order valence-electron chi connectivity index (χ0n) is 6.91. The molecule has 12 heavy (non-hydrogen) atoms. The largest absolute Gasteiger partial charge is 0.329 e. The number of hydrogen-bond donors (Lipinski definition) is 1. The molecule has 0 aromatic carbocycles. The quantitative estimate of drug-likeness (QED) is 0.601. The van der Waals surface area contributed by atoms with E-state index in [-0.39, 0.29) is 25.4 Å². The molecule has 0 saturated carbocycles. The molecule has 0 aliphatic carbocycles. The van der Waals surface area contributed by atoms with E-state index in [2.05, 4.69) is 0 Å². The Bertz CT molecular complexity index is 219. The lowest BCUT2D eigenvalue weighted by molar-refractivity contribution is -0.142. The highest BCUT2D eigenvalue weighted by Gasteiger charge is 2.15. The van der Waals surface area contributed by atoms with Crippen molar-refractivity contribution in [3.8, 4) is 6.07 Å². The van der Waals surface area contributed by atoms with E-state index in [9.17, 15) is 9.59 Å². The van der Waals surface area contributed by atoms with Crippen LogP contribution in [0.5, 0.6) is 0 Å². The molecule has 0 aliphatic rings. The van der Waals surface area contributed by atoms with E-state index in [1.54, 1.807) is 6.07 Å². The monoisotopic (exact) mass is 169 g/mol. The lowest BCUT2D eigenvalue weighted by atomic mass is 10.3. The van der Waals surface area contributed by atoms with E-state index in [0.29, 0.717) is 0 Å². The normalized spacial score (nSPS) is 8.75. The molecule has 0 bridgehead atoms. The third kappa shape index (κ3) is 3.12. The Kier molecular flexibility index (Phi) is 4.65. The minimum atomic E-state index is -0.490. The van der Waals surface area contributed by atoms with Crippen molar-refractivity contribution in [3.05, 3.63) is 0 Å². The Balaban J connectivity index is 4.21. The van der Waals surface area contributed by atoms with Gasteiger partial charge in [-0.05, 0) is 0 Å². The first-order valence-electron chi connectivity index (χ1n) is 3.51. The van der Waals surface area contributed by atoms with Gasteiger partial charge in [0.15, 0.2) is 0 Å². The average molecular weight is 169 g/mol. The van der Waals surface area contributed by atoms with Crippen LogP contribution in [-0.4, -0.2) is 29.8 Å². The van der Waals surface area contributed by atoms with Crippen molar-refractivity contribution in [1.82, 2.24) is 4.90 Å². The zero-order valence-corrected chi connectivity index (χ0v) is 6.91. The summed E-state index contributed by atoms with van der Waals surface area (Å²) in [5, 5.41) is 8.20. The molecular weight excluding hydrogens is 158 g/mol. The summed E-state index contributed by atoms with van der Waals surface area (Å²) in [5.74, 6) is -0.865. The minimum Gasteiger partial charge on any atom is -0.329 e. The van der Waals surface area contributed by atoms with Crippen LogP contribution in [-0.2, 0) is 9.59 Å². The molecule has 5 nitrogen and oxygen atoms in total.